The number of hydrogen-bond acceptors (Lipinski definition) is 9. The molecule has 4 N–H and O–H groups in total. The number of unbranched alkanes of at least 4 members (excludes halogenated alkanes) is 15. The summed E-state index contributed by atoms with van der Waals surface area (Å²) in [5.74, 6) is -2.43. The first-order chi connectivity index (χ1) is 24.6. The van der Waals surface area contributed by atoms with Crippen LogP contribution in [-0.4, -0.2) is 59.9 Å². The largest absolute Gasteiger partial charge is 0.480 e. The highest BCUT2D eigenvalue weighted by Crippen LogP contribution is 2.43. The molecule has 12 heteroatoms. The number of carboxylic acid groups (broad SMARTS) is 1. The molecule has 2 unspecified atom stereocenters. The number of nitrogens with two attached hydrogens (primary N) is 1. The van der Waals surface area contributed by atoms with Gasteiger partial charge in [-0.1, -0.05) is 127 Å². The maximum Gasteiger partial charge on any atom is 0.472 e. The van der Waals surface area contributed by atoms with Crippen molar-refractivity contribution in [2.75, 3.05) is 19.8 Å². The Morgan fingerprint density at radius 2 is 1.12 bits per heavy atom. The first-order valence-electron chi connectivity index (χ1n) is 19.2. The van der Waals surface area contributed by atoms with Gasteiger partial charge in [-0.3, -0.25) is 23.4 Å². The fourth-order valence-electron chi connectivity index (χ4n) is 4.82. The van der Waals surface area contributed by atoms with E-state index in [0.717, 1.165) is 64.2 Å². The standard InChI is InChI=1S/C39H68NO10P/c1-3-5-7-9-11-13-15-17-19-20-22-24-26-28-30-37(41)47-32-35(33-48-51(45,46)49-34-36(40)39(43)44)50-38(42)31-29-27-25-23-21-18-16-14-12-10-8-6-4-2/h6,8,10,12,14,16,19-20,35-36H,3-5,7,9,11,13,15,17-18,21-34,40H2,1-2H3,(H,43,44)(H,45,46)/b8-6+,12-10+,16-14+,20-19+/t35?,36-/m0/s1. The summed E-state index contributed by atoms with van der Waals surface area (Å²) in [4.78, 5) is 45.7. The van der Waals surface area contributed by atoms with E-state index in [2.05, 4.69) is 42.7 Å². The van der Waals surface area contributed by atoms with Crippen LogP contribution < -0.4 is 5.73 Å². The van der Waals surface area contributed by atoms with Gasteiger partial charge in [0, 0.05) is 12.8 Å². The molecular formula is C39H68NO10P. The van der Waals surface area contributed by atoms with E-state index in [1.165, 1.54) is 44.9 Å². The van der Waals surface area contributed by atoms with Crippen LogP contribution in [0, 0.1) is 0 Å². The number of hydrogen-bond donors (Lipinski definition) is 3. The molecule has 0 spiro atoms. The molecule has 0 aromatic heterocycles. The van der Waals surface area contributed by atoms with Gasteiger partial charge in [0.1, 0.15) is 12.6 Å². The number of phosphoric ester groups is 1. The molecule has 0 radical (unpaired) electrons. The van der Waals surface area contributed by atoms with E-state index in [-0.39, 0.29) is 19.4 Å². The third-order valence-corrected chi connectivity index (χ3v) is 8.82. The average molecular weight is 742 g/mol. The lowest BCUT2D eigenvalue weighted by molar-refractivity contribution is -0.161. The van der Waals surface area contributed by atoms with E-state index in [4.69, 9.17) is 24.8 Å². The molecule has 0 bridgehead atoms. The highest BCUT2D eigenvalue weighted by Gasteiger charge is 2.28. The topological polar surface area (TPSA) is 172 Å². The van der Waals surface area contributed by atoms with Gasteiger partial charge in [-0.15, -0.1) is 0 Å². The smallest absolute Gasteiger partial charge is 0.472 e. The first-order valence-corrected chi connectivity index (χ1v) is 20.7. The lowest BCUT2D eigenvalue weighted by Crippen LogP contribution is -2.34. The molecule has 0 aliphatic carbocycles. The minimum absolute atomic E-state index is 0.134. The van der Waals surface area contributed by atoms with Crippen LogP contribution in [0.2, 0.25) is 0 Å². The Hall–Kier alpha value is -2.56. The predicted octanol–water partition coefficient (Wildman–Crippen LogP) is 9.44. The van der Waals surface area contributed by atoms with E-state index in [0.29, 0.717) is 12.8 Å². The van der Waals surface area contributed by atoms with Crippen molar-refractivity contribution in [1.82, 2.24) is 0 Å². The van der Waals surface area contributed by atoms with Crippen molar-refractivity contribution in [3.05, 3.63) is 48.6 Å². The van der Waals surface area contributed by atoms with E-state index in [1.54, 1.807) is 0 Å². The van der Waals surface area contributed by atoms with Crippen molar-refractivity contribution in [3.8, 4) is 0 Å². The van der Waals surface area contributed by atoms with Crippen molar-refractivity contribution >= 4 is 25.7 Å². The van der Waals surface area contributed by atoms with Gasteiger partial charge in [0.25, 0.3) is 0 Å². The summed E-state index contributed by atoms with van der Waals surface area (Å²) in [5.41, 5.74) is 5.31. The lowest BCUT2D eigenvalue weighted by Gasteiger charge is -2.20. The second-order valence-corrected chi connectivity index (χ2v) is 14.2. The molecule has 0 aromatic rings. The molecule has 3 atom stereocenters. The summed E-state index contributed by atoms with van der Waals surface area (Å²) >= 11 is 0. The lowest BCUT2D eigenvalue weighted by atomic mass is 10.1. The third-order valence-electron chi connectivity index (χ3n) is 7.87. The zero-order valence-electron chi connectivity index (χ0n) is 31.4. The van der Waals surface area contributed by atoms with Gasteiger partial charge in [0.15, 0.2) is 6.10 Å². The van der Waals surface area contributed by atoms with Crippen molar-refractivity contribution in [2.24, 2.45) is 5.73 Å². The molecule has 0 aliphatic rings. The summed E-state index contributed by atoms with van der Waals surface area (Å²) in [5, 5.41) is 8.86. The van der Waals surface area contributed by atoms with Crippen LogP contribution in [0.25, 0.3) is 0 Å². The summed E-state index contributed by atoms with van der Waals surface area (Å²) in [6.45, 7) is 2.60. The van der Waals surface area contributed by atoms with E-state index in [9.17, 15) is 23.8 Å². The molecular weight excluding hydrogens is 673 g/mol. The van der Waals surface area contributed by atoms with Gasteiger partial charge < -0.3 is 25.2 Å². The fraction of sp³-hybridized carbons (Fsp3) is 0.718. The Morgan fingerprint density at radius 1 is 0.627 bits per heavy atom. The summed E-state index contributed by atoms with van der Waals surface area (Å²) in [6.07, 6.45) is 36.1. The minimum atomic E-state index is -4.72. The molecule has 0 rings (SSSR count). The monoisotopic (exact) mass is 741 g/mol. The van der Waals surface area contributed by atoms with Gasteiger partial charge in [0.05, 0.1) is 13.2 Å². The number of aliphatic carboxylic acids is 1. The number of allylic oxidation sites excluding steroid dienone is 8. The SMILES string of the molecule is CC/C=C/C=C/C=C/CCCCCCCC(=O)OC(COC(=O)CCCCC/C=C/CCCCCCCCC)COP(=O)(O)OC[C@H](N)C(=O)O. The highest BCUT2D eigenvalue weighted by atomic mass is 31.2. The fourth-order valence-corrected chi connectivity index (χ4v) is 5.60. The maximum atomic E-state index is 12.5. The maximum absolute atomic E-state index is 12.5. The average Bonchev–Trinajstić information content (AvgIpc) is 3.10. The van der Waals surface area contributed by atoms with E-state index in [1.807, 2.05) is 24.3 Å². The van der Waals surface area contributed by atoms with Crippen LogP contribution in [0.15, 0.2) is 48.6 Å². The minimum Gasteiger partial charge on any atom is -0.480 e. The van der Waals surface area contributed by atoms with Gasteiger partial charge in [-0.25, -0.2) is 4.57 Å². The molecule has 0 aliphatic heterocycles. The predicted molar refractivity (Wildman–Crippen MR) is 203 cm³/mol. The van der Waals surface area contributed by atoms with Crippen LogP contribution >= 0.6 is 7.82 Å². The summed E-state index contributed by atoms with van der Waals surface area (Å²) in [7, 11) is -4.72. The third kappa shape index (κ3) is 34.3. The van der Waals surface area contributed by atoms with Gasteiger partial charge in [-0.05, 0) is 57.8 Å². The van der Waals surface area contributed by atoms with Crippen molar-refractivity contribution in [2.45, 2.75) is 161 Å². The number of carbonyl (C=O) groups excluding carboxylic acids is 2. The molecule has 11 nitrogen and oxygen atoms in total. The Bertz CT molecular complexity index is 1060. The van der Waals surface area contributed by atoms with Crippen LogP contribution in [0.3, 0.4) is 0 Å². The zero-order chi connectivity index (χ0) is 37.8. The van der Waals surface area contributed by atoms with Crippen LogP contribution in [0.4, 0.5) is 0 Å². The van der Waals surface area contributed by atoms with Crippen molar-refractivity contribution in [1.29, 1.82) is 0 Å². The zero-order valence-corrected chi connectivity index (χ0v) is 32.3. The Labute approximate surface area is 307 Å². The molecule has 0 amide bonds. The molecule has 294 valence electrons. The van der Waals surface area contributed by atoms with Gasteiger partial charge in [0.2, 0.25) is 0 Å². The van der Waals surface area contributed by atoms with Crippen LogP contribution in [-0.2, 0) is 37.5 Å². The normalized spacial score (nSPS) is 14.4. The highest BCUT2D eigenvalue weighted by molar-refractivity contribution is 7.47. The quantitative estimate of drug-likeness (QED) is 0.0186. The molecule has 0 saturated carbocycles. The van der Waals surface area contributed by atoms with Crippen LogP contribution in [0.5, 0.6) is 0 Å². The van der Waals surface area contributed by atoms with E-state index >= 15 is 0 Å². The molecule has 0 saturated heterocycles. The van der Waals surface area contributed by atoms with Gasteiger partial charge in [-0.2, -0.15) is 0 Å². The summed E-state index contributed by atoms with van der Waals surface area (Å²) < 4.78 is 32.5. The number of ether oxygens (including phenoxy) is 2. The number of carboxylic acids is 1. The summed E-state index contributed by atoms with van der Waals surface area (Å²) in [6, 6.07) is -1.53. The Kier molecular flexibility index (Phi) is 32.8. The number of carbonyl (C=O) groups is 3. The Balaban J connectivity index is 4.50. The van der Waals surface area contributed by atoms with E-state index < -0.39 is 51.1 Å². The van der Waals surface area contributed by atoms with Crippen LogP contribution in [0.1, 0.15) is 149 Å². The number of rotatable bonds is 35. The number of phosphoric acid groups is 1. The molecule has 0 aromatic carbocycles. The molecule has 0 fully saturated rings. The Morgan fingerprint density at radius 3 is 1.71 bits per heavy atom. The first kappa shape index (κ1) is 48.4. The molecule has 51 heavy (non-hydrogen) atoms. The molecule has 0 heterocycles. The van der Waals surface area contributed by atoms with Gasteiger partial charge >= 0.3 is 25.7 Å². The van der Waals surface area contributed by atoms with Crippen molar-refractivity contribution < 1.29 is 47.5 Å². The van der Waals surface area contributed by atoms with Crippen molar-refractivity contribution in [3.63, 3.8) is 0 Å². The second kappa shape index (κ2) is 34.5. The second-order valence-electron chi connectivity index (χ2n) is 12.7. The number of esters is 2.